The van der Waals surface area contributed by atoms with Gasteiger partial charge in [-0.1, -0.05) is 63.1 Å². The van der Waals surface area contributed by atoms with Crippen molar-refractivity contribution in [2.24, 2.45) is 0 Å². The molecule has 4 heteroatoms. The molecule has 0 fully saturated rings. The fourth-order valence-corrected chi connectivity index (χ4v) is 2.99. The maximum atomic E-state index is 12.3. The van der Waals surface area contributed by atoms with Crippen molar-refractivity contribution in [2.75, 3.05) is 0 Å². The molecule has 4 nitrogen and oxygen atoms in total. The number of hydrogen-bond acceptors (Lipinski definition) is 4. The lowest BCUT2D eigenvalue weighted by Crippen LogP contribution is -2.09. The van der Waals surface area contributed by atoms with Gasteiger partial charge >= 0.3 is 5.97 Å². The van der Waals surface area contributed by atoms with Gasteiger partial charge in [0.25, 0.3) is 0 Å². The number of carbonyl (C=O) groups excluding carboxylic acids is 1. The highest BCUT2D eigenvalue weighted by molar-refractivity contribution is 5.90. The van der Waals surface area contributed by atoms with Crippen molar-refractivity contribution in [1.29, 1.82) is 0 Å². The smallest absolute Gasteiger partial charge is 0.344 e. The summed E-state index contributed by atoms with van der Waals surface area (Å²) in [4.78, 5) is 20.9. The maximum absolute atomic E-state index is 12.3. The van der Waals surface area contributed by atoms with E-state index < -0.39 is 5.97 Å². The Kier molecular flexibility index (Phi) is 6.90. The first-order chi connectivity index (χ1) is 13.7. The van der Waals surface area contributed by atoms with Gasteiger partial charge in [0.1, 0.15) is 0 Å². The Labute approximate surface area is 166 Å². The molecule has 28 heavy (non-hydrogen) atoms. The highest BCUT2D eigenvalue weighted by Crippen LogP contribution is 2.19. The van der Waals surface area contributed by atoms with Crippen LogP contribution in [0.5, 0.6) is 5.88 Å². The maximum Gasteiger partial charge on any atom is 0.344 e. The highest BCUT2D eigenvalue weighted by Gasteiger charge is 2.10. The molecule has 0 bridgehead atoms. The summed E-state index contributed by atoms with van der Waals surface area (Å²) in [5, 5.41) is 0. The van der Waals surface area contributed by atoms with Gasteiger partial charge in [-0.2, -0.15) is 0 Å². The molecule has 0 saturated heterocycles. The first-order valence-corrected chi connectivity index (χ1v) is 9.92. The van der Waals surface area contributed by atoms with Crippen LogP contribution in [0.1, 0.15) is 54.6 Å². The number of rotatable bonds is 8. The first kappa shape index (κ1) is 19.7. The van der Waals surface area contributed by atoms with Gasteiger partial charge in [-0.05, 0) is 42.5 Å². The van der Waals surface area contributed by atoms with Gasteiger partial charge in [-0.25, -0.2) is 14.8 Å². The number of esters is 1. The zero-order chi connectivity index (χ0) is 19.8. The van der Waals surface area contributed by atoms with Crippen molar-refractivity contribution < 1.29 is 9.53 Å². The summed E-state index contributed by atoms with van der Waals surface area (Å²) in [6.45, 7) is 4.32. The van der Waals surface area contributed by atoms with Crippen molar-refractivity contribution in [1.82, 2.24) is 9.97 Å². The van der Waals surface area contributed by atoms with Crippen LogP contribution in [0.4, 0.5) is 0 Å². The summed E-state index contributed by atoms with van der Waals surface area (Å²) < 4.78 is 5.34. The van der Waals surface area contributed by atoms with E-state index in [-0.39, 0.29) is 5.88 Å². The number of unbranched alkanes of at least 4 members (excludes halogenated alkanes) is 1. The Balaban J connectivity index is 1.63. The second-order valence-electron chi connectivity index (χ2n) is 6.88. The zero-order valence-electron chi connectivity index (χ0n) is 16.5. The minimum absolute atomic E-state index is 0.200. The van der Waals surface area contributed by atoms with Crippen molar-refractivity contribution in [2.45, 2.75) is 46.0 Å². The van der Waals surface area contributed by atoms with Gasteiger partial charge in [0.15, 0.2) is 0 Å². The largest absolute Gasteiger partial charge is 0.402 e. The highest BCUT2D eigenvalue weighted by atomic mass is 16.5. The molecule has 1 aromatic heterocycles. The van der Waals surface area contributed by atoms with Crippen LogP contribution < -0.4 is 4.74 Å². The molecule has 0 aliphatic heterocycles. The number of aromatic nitrogens is 2. The van der Waals surface area contributed by atoms with Gasteiger partial charge < -0.3 is 4.74 Å². The third-order valence-electron chi connectivity index (χ3n) is 4.62. The lowest BCUT2D eigenvalue weighted by Gasteiger charge is -2.06. The minimum Gasteiger partial charge on any atom is -0.402 e. The second-order valence-corrected chi connectivity index (χ2v) is 6.88. The van der Waals surface area contributed by atoms with Crippen molar-refractivity contribution in [3.05, 3.63) is 77.6 Å². The van der Waals surface area contributed by atoms with Crippen LogP contribution >= 0.6 is 0 Å². The van der Waals surface area contributed by atoms with Crippen LogP contribution in [0.25, 0.3) is 11.3 Å². The summed E-state index contributed by atoms with van der Waals surface area (Å²) in [5.74, 6) is -0.226. The Hall–Kier alpha value is -3.01. The standard InChI is InChI=1S/C24H26N2O2/c1-3-5-7-19-8-12-20(13-9-19)22-16-26-23(17-25-22)28-24(27)21-14-10-18(6-4-2)11-15-21/h8-17H,3-7H2,1-2H3. The minimum atomic E-state index is -0.426. The lowest BCUT2D eigenvalue weighted by atomic mass is 10.1. The number of nitrogens with zero attached hydrogens (tertiary/aromatic N) is 2. The van der Waals surface area contributed by atoms with Crippen LogP contribution in [-0.4, -0.2) is 15.9 Å². The molecule has 0 aliphatic rings. The lowest BCUT2D eigenvalue weighted by molar-refractivity contribution is 0.0727. The summed E-state index contributed by atoms with van der Waals surface area (Å²) in [5.41, 5.74) is 4.80. The molecular weight excluding hydrogens is 348 g/mol. The van der Waals surface area contributed by atoms with Crippen molar-refractivity contribution >= 4 is 5.97 Å². The van der Waals surface area contributed by atoms with Gasteiger partial charge in [0, 0.05) is 5.56 Å². The Morgan fingerprint density at radius 2 is 1.50 bits per heavy atom. The fraction of sp³-hybridized carbons (Fsp3) is 0.292. The molecule has 3 aromatic rings. The molecular formula is C24H26N2O2. The third-order valence-corrected chi connectivity index (χ3v) is 4.62. The molecule has 0 radical (unpaired) electrons. The van der Waals surface area contributed by atoms with E-state index in [1.165, 1.54) is 30.2 Å². The van der Waals surface area contributed by atoms with Gasteiger partial charge in [-0.3, -0.25) is 0 Å². The third kappa shape index (κ3) is 5.26. The predicted molar refractivity (Wildman–Crippen MR) is 111 cm³/mol. The van der Waals surface area contributed by atoms with E-state index in [9.17, 15) is 4.79 Å². The van der Waals surface area contributed by atoms with E-state index in [1.54, 1.807) is 18.3 Å². The van der Waals surface area contributed by atoms with Crippen LogP contribution in [0.3, 0.4) is 0 Å². The molecule has 0 spiro atoms. The molecule has 0 unspecified atom stereocenters. The molecule has 144 valence electrons. The summed E-state index contributed by atoms with van der Waals surface area (Å²) in [6, 6.07) is 15.9. The van der Waals surface area contributed by atoms with Crippen molar-refractivity contribution in [3.8, 4) is 17.1 Å². The average Bonchev–Trinajstić information content (AvgIpc) is 2.74. The predicted octanol–water partition coefficient (Wildman–Crippen LogP) is 5.66. The van der Waals surface area contributed by atoms with Gasteiger partial charge in [0.05, 0.1) is 23.7 Å². The topological polar surface area (TPSA) is 52.1 Å². The summed E-state index contributed by atoms with van der Waals surface area (Å²) in [7, 11) is 0. The second kappa shape index (κ2) is 9.79. The summed E-state index contributed by atoms with van der Waals surface area (Å²) in [6.07, 6.45) is 8.68. The van der Waals surface area contributed by atoms with E-state index in [0.29, 0.717) is 5.56 Å². The number of ether oxygens (including phenoxy) is 1. The quantitative estimate of drug-likeness (QED) is 0.478. The van der Waals surface area contributed by atoms with E-state index in [1.807, 2.05) is 12.1 Å². The molecule has 0 saturated carbocycles. The van der Waals surface area contributed by atoms with E-state index >= 15 is 0 Å². The van der Waals surface area contributed by atoms with Crippen LogP contribution in [0.2, 0.25) is 0 Å². The first-order valence-electron chi connectivity index (χ1n) is 9.92. The fourth-order valence-electron chi connectivity index (χ4n) is 2.99. The average molecular weight is 374 g/mol. The number of aryl methyl sites for hydroxylation is 2. The normalized spacial score (nSPS) is 10.6. The number of carbonyl (C=O) groups is 1. The molecule has 1 heterocycles. The monoisotopic (exact) mass is 374 g/mol. The Morgan fingerprint density at radius 3 is 2.11 bits per heavy atom. The molecule has 2 aromatic carbocycles. The zero-order valence-corrected chi connectivity index (χ0v) is 16.5. The van der Waals surface area contributed by atoms with Crippen molar-refractivity contribution in [3.63, 3.8) is 0 Å². The molecule has 0 atom stereocenters. The van der Waals surface area contributed by atoms with E-state index in [4.69, 9.17) is 4.74 Å². The Bertz CT molecular complexity index is 885. The van der Waals surface area contributed by atoms with Gasteiger partial charge in [0.2, 0.25) is 5.88 Å². The van der Waals surface area contributed by atoms with E-state index in [0.717, 1.165) is 30.5 Å². The van der Waals surface area contributed by atoms with Crippen LogP contribution in [0, 0.1) is 0 Å². The Morgan fingerprint density at radius 1 is 0.821 bits per heavy atom. The van der Waals surface area contributed by atoms with E-state index in [2.05, 4.69) is 48.1 Å². The molecule has 0 aliphatic carbocycles. The molecule has 0 N–H and O–H groups in total. The molecule has 3 rings (SSSR count). The van der Waals surface area contributed by atoms with Crippen LogP contribution in [0.15, 0.2) is 60.9 Å². The number of benzene rings is 2. The van der Waals surface area contributed by atoms with Gasteiger partial charge in [-0.15, -0.1) is 0 Å². The summed E-state index contributed by atoms with van der Waals surface area (Å²) >= 11 is 0. The number of hydrogen-bond donors (Lipinski definition) is 0. The SMILES string of the molecule is CCCCc1ccc(-c2cnc(OC(=O)c3ccc(CCC)cc3)cn2)cc1. The van der Waals surface area contributed by atoms with Crippen LogP contribution in [-0.2, 0) is 12.8 Å². The molecule has 0 amide bonds.